The second-order valence-corrected chi connectivity index (χ2v) is 5.90. The van der Waals surface area contributed by atoms with Crippen molar-refractivity contribution in [3.8, 4) is 5.75 Å². The van der Waals surface area contributed by atoms with Crippen molar-refractivity contribution in [2.24, 2.45) is 0 Å². The number of benzene rings is 2. The summed E-state index contributed by atoms with van der Waals surface area (Å²) in [6.07, 6.45) is 3.67. The molecule has 1 N–H and O–H groups in total. The number of anilines is 1. The van der Waals surface area contributed by atoms with Gasteiger partial charge >= 0.3 is 0 Å². The highest BCUT2D eigenvalue weighted by molar-refractivity contribution is 6.30. The first-order valence-corrected chi connectivity index (χ1v) is 7.90. The summed E-state index contributed by atoms with van der Waals surface area (Å²) in [5.41, 5.74) is 3.09. The number of fused-ring (bicyclic) bond motifs is 1. The number of nitrogens with one attached hydrogen (secondary N) is 1. The van der Waals surface area contributed by atoms with Gasteiger partial charge in [-0.1, -0.05) is 35.9 Å². The van der Waals surface area contributed by atoms with E-state index in [0.717, 1.165) is 22.6 Å². The van der Waals surface area contributed by atoms with Gasteiger partial charge in [0.05, 0.1) is 7.11 Å². The maximum Gasteiger partial charge on any atom is 0.226 e. The summed E-state index contributed by atoms with van der Waals surface area (Å²) in [7, 11) is 1.66. The summed E-state index contributed by atoms with van der Waals surface area (Å²) in [5.74, 6) is 1.52. The molecule has 120 valence electrons. The molecule has 0 saturated carbocycles. The molecule has 4 rings (SSSR count). The molecule has 1 atom stereocenters. The molecular formula is C18H15ClN4O. The van der Waals surface area contributed by atoms with Crippen LogP contribution in [0.5, 0.6) is 5.75 Å². The molecule has 2 heterocycles. The van der Waals surface area contributed by atoms with Crippen LogP contribution in [0.2, 0.25) is 5.02 Å². The summed E-state index contributed by atoms with van der Waals surface area (Å²) in [4.78, 5) is 4.31. The number of allylic oxidation sites excluding steroid dienone is 1. The fourth-order valence-corrected chi connectivity index (χ4v) is 2.92. The Bertz CT molecular complexity index is 901. The summed E-state index contributed by atoms with van der Waals surface area (Å²) in [6.45, 7) is 0. The van der Waals surface area contributed by atoms with Crippen LogP contribution in [0.15, 0.2) is 60.9 Å². The molecule has 24 heavy (non-hydrogen) atoms. The maximum atomic E-state index is 5.99. The van der Waals surface area contributed by atoms with E-state index in [-0.39, 0.29) is 6.04 Å². The second-order valence-electron chi connectivity index (χ2n) is 5.46. The van der Waals surface area contributed by atoms with Gasteiger partial charge in [0.2, 0.25) is 5.95 Å². The van der Waals surface area contributed by atoms with Crippen molar-refractivity contribution < 1.29 is 4.74 Å². The quantitative estimate of drug-likeness (QED) is 0.784. The van der Waals surface area contributed by atoms with E-state index in [1.807, 2.05) is 47.1 Å². The van der Waals surface area contributed by atoms with Crippen molar-refractivity contribution in [3.63, 3.8) is 0 Å². The predicted octanol–water partition coefficient (Wildman–Crippen LogP) is 4.00. The smallest absolute Gasteiger partial charge is 0.226 e. The summed E-state index contributed by atoms with van der Waals surface area (Å²) < 4.78 is 7.20. The first-order valence-electron chi connectivity index (χ1n) is 7.53. The van der Waals surface area contributed by atoms with Crippen LogP contribution in [-0.4, -0.2) is 21.9 Å². The molecule has 0 fully saturated rings. The Hall–Kier alpha value is -2.79. The Kier molecular flexibility index (Phi) is 3.70. The number of hydrogen-bond donors (Lipinski definition) is 1. The van der Waals surface area contributed by atoms with Crippen LogP contribution in [0.4, 0.5) is 5.95 Å². The Morgan fingerprint density at radius 3 is 2.79 bits per heavy atom. The lowest BCUT2D eigenvalue weighted by molar-refractivity contribution is 0.413. The van der Waals surface area contributed by atoms with E-state index in [4.69, 9.17) is 16.3 Å². The van der Waals surface area contributed by atoms with Crippen LogP contribution in [0.1, 0.15) is 17.2 Å². The lowest BCUT2D eigenvalue weighted by atomic mass is 10.0. The zero-order valence-corrected chi connectivity index (χ0v) is 13.7. The number of halogens is 1. The van der Waals surface area contributed by atoms with Crippen LogP contribution in [0.3, 0.4) is 0 Å². The average molecular weight is 339 g/mol. The van der Waals surface area contributed by atoms with Gasteiger partial charge in [-0.25, -0.2) is 4.68 Å². The normalized spacial score (nSPS) is 16.1. The molecule has 0 spiro atoms. The lowest BCUT2D eigenvalue weighted by Crippen LogP contribution is -2.20. The van der Waals surface area contributed by atoms with Gasteiger partial charge < -0.3 is 10.1 Å². The molecule has 1 unspecified atom stereocenters. The molecule has 1 aliphatic rings. The topological polar surface area (TPSA) is 52.0 Å². The molecule has 0 aliphatic carbocycles. The molecule has 0 bridgehead atoms. The lowest BCUT2D eigenvalue weighted by Gasteiger charge is -2.24. The summed E-state index contributed by atoms with van der Waals surface area (Å²) >= 11 is 5.99. The molecule has 6 heteroatoms. The van der Waals surface area contributed by atoms with Gasteiger partial charge in [0.1, 0.15) is 18.1 Å². The molecule has 5 nitrogen and oxygen atoms in total. The Morgan fingerprint density at radius 1 is 1.17 bits per heavy atom. The second kappa shape index (κ2) is 6.02. The number of rotatable bonds is 3. The first kappa shape index (κ1) is 14.8. The van der Waals surface area contributed by atoms with E-state index in [9.17, 15) is 0 Å². The molecule has 0 amide bonds. The summed E-state index contributed by atoms with van der Waals surface area (Å²) in [5, 5.41) is 8.38. The first-order chi connectivity index (χ1) is 11.7. The number of ether oxygens (including phenoxy) is 1. The van der Waals surface area contributed by atoms with E-state index < -0.39 is 0 Å². The van der Waals surface area contributed by atoms with E-state index in [2.05, 4.69) is 27.5 Å². The third kappa shape index (κ3) is 2.63. The fourth-order valence-electron chi connectivity index (χ4n) is 2.79. The zero-order chi connectivity index (χ0) is 16.5. The number of hydrogen-bond acceptors (Lipinski definition) is 4. The maximum absolute atomic E-state index is 5.99. The monoisotopic (exact) mass is 338 g/mol. The van der Waals surface area contributed by atoms with E-state index in [1.54, 1.807) is 13.4 Å². The largest absolute Gasteiger partial charge is 0.497 e. The fraction of sp³-hybridized carbons (Fsp3) is 0.111. The van der Waals surface area contributed by atoms with Crippen LogP contribution < -0.4 is 10.1 Å². The van der Waals surface area contributed by atoms with Crippen molar-refractivity contribution in [2.45, 2.75) is 6.04 Å². The van der Waals surface area contributed by atoms with Gasteiger partial charge in [-0.05, 0) is 41.5 Å². The van der Waals surface area contributed by atoms with Gasteiger partial charge in [-0.15, -0.1) is 0 Å². The standard InChI is InChI=1S/C18H15ClN4O/c1-24-15-4-2-3-13(9-15)17-10-16(12-5-7-14(19)8-6-12)22-18-20-11-21-23(17)18/h2-11,17H,1H3,(H,20,21,22). The van der Waals surface area contributed by atoms with Gasteiger partial charge in [0.15, 0.2) is 0 Å². The molecule has 3 aromatic rings. The minimum atomic E-state index is -0.0653. The Balaban J connectivity index is 1.80. The van der Waals surface area contributed by atoms with Crippen LogP contribution >= 0.6 is 11.6 Å². The molecule has 0 radical (unpaired) electrons. The van der Waals surface area contributed by atoms with Crippen LogP contribution in [-0.2, 0) is 0 Å². The van der Waals surface area contributed by atoms with E-state index >= 15 is 0 Å². The number of methoxy groups -OCH3 is 1. The highest BCUT2D eigenvalue weighted by Gasteiger charge is 2.23. The SMILES string of the molecule is COc1cccc(C2C=C(c3ccc(Cl)cc3)Nc3ncnn32)c1. The van der Waals surface area contributed by atoms with E-state index in [1.165, 1.54) is 0 Å². The van der Waals surface area contributed by atoms with Crippen molar-refractivity contribution in [1.29, 1.82) is 0 Å². The van der Waals surface area contributed by atoms with Crippen molar-refractivity contribution in [3.05, 3.63) is 77.1 Å². The number of aromatic nitrogens is 3. The van der Waals surface area contributed by atoms with Crippen LogP contribution in [0, 0.1) is 0 Å². The summed E-state index contributed by atoms with van der Waals surface area (Å²) in [6, 6.07) is 15.6. The Labute approximate surface area is 144 Å². The molecule has 0 saturated heterocycles. The van der Waals surface area contributed by atoms with Gasteiger partial charge in [0, 0.05) is 10.7 Å². The van der Waals surface area contributed by atoms with Crippen molar-refractivity contribution >= 4 is 23.2 Å². The highest BCUT2D eigenvalue weighted by Crippen LogP contribution is 2.33. The third-order valence-corrected chi connectivity index (χ3v) is 4.25. The highest BCUT2D eigenvalue weighted by atomic mass is 35.5. The average Bonchev–Trinajstić information content (AvgIpc) is 3.10. The van der Waals surface area contributed by atoms with Crippen LogP contribution in [0.25, 0.3) is 5.70 Å². The van der Waals surface area contributed by atoms with Gasteiger partial charge in [-0.3, -0.25) is 0 Å². The van der Waals surface area contributed by atoms with Crippen molar-refractivity contribution in [1.82, 2.24) is 14.8 Å². The zero-order valence-electron chi connectivity index (χ0n) is 13.0. The van der Waals surface area contributed by atoms with Gasteiger partial charge in [-0.2, -0.15) is 10.1 Å². The van der Waals surface area contributed by atoms with Gasteiger partial charge in [0.25, 0.3) is 0 Å². The van der Waals surface area contributed by atoms with E-state index in [0.29, 0.717) is 11.0 Å². The molecule has 1 aromatic heterocycles. The van der Waals surface area contributed by atoms with Crippen molar-refractivity contribution in [2.75, 3.05) is 12.4 Å². The predicted molar refractivity (Wildman–Crippen MR) is 94.2 cm³/mol. The number of nitrogens with zero attached hydrogens (tertiary/aromatic N) is 3. The Morgan fingerprint density at radius 2 is 2.00 bits per heavy atom. The molecule has 2 aromatic carbocycles. The molecule has 1 aliphatic heterocycles. The minimum Gasteiger partial charge on any atom is -0.497 e. The minimum absolute atomic E-state index is 0.0653. The third-order valence-electron chi connectivity index (χ3n) is 4.00. The molecular weight excluding hydrogens is 324 g/mol.